The van der Waals surface area contributed by atoms with Crippen LogP contribution in [0.15, 0.2) is 0 Å². The summed E-state index contributed by atoms with van der Waals surface area (Å²) in [6.45, 7) is 12.9. The summed E-state index contributed by atoms with van der Waals surface area (Å²) in [6.07, 6.45) is 4.74. The third kappa shape index (κ3) is 6.24. The number of methoxy groups -OCH3 is 1. The van der Waals surface area contributed by atoms with Gasteiger partial charge in [-0.15, -0.1) is 0 Å². The predicted molar refractivity (Wildman–Crippen MR) is 80.5 cm³/mol. The highest BCUT2D eigenvalue weighted by molar-refractivity contribution is 4.86. The molecule has 1 aliphatic rings. The Labute approximate surface area is 119 Å². The second-order valence-electron chi connectivity index (χ2n) is 7.14. The molecule has 0 amide bonds. The van der Waals surface area contributed by atoms with Crippen LogP contribution in [0.2, 0.25) is 0 Å². The third-order valence-electron chi connectivity index (χ3n) is 4.27. The minimum absolute atomic E-state index is 0.0253. The van der Waals surface area contributed by atoms with Crippen molar-refractivity contribution in [2.24, 2.45) is 11.3 Å². The summed E-state index contributed by atoms with van der Waals surface area (Å²) in [5.41, 5.74) is 0.283. The van der Waals surface area contributed by atoms with E-state index in [2.05, 4.69) is 33.0 Å². The van der Waals surface area contributed by atoms with E-state index in [1.165, 1.54) is 19.3 Å². The largest absolute Gasteiger partial charge is 0.381 e. The summed E-state index contributed by atoms with van der Waals surface area (Å²) < 4.78 is 11.3. The van der Waals surface area contributed by atoms with Crippen LogP contribution in [0.25, 0.3) is 0 Å². The molecule has 1 rings (SSSR count). The lowest BCUT2D eigenvalue weighted by Crippen LogP contribution is -2.43. The number of hydrogen-bond donors (Lipinski definition) is 1. The fraction of sp³-hybridized carbons (Fsp3) is 1.00. The first-order valence-corrected chi connectivity index (χ1v) is 7.73. The van der Waals surface area contributed by atoms with Gasteiger partial charge in [-0.2, -0.15) is 0 Å². The number of hydrogen-bond acceptors (Lipinski definition) is 3. The van der Waals surface area contributed by atoms with Crippen LogP contribution in [0.1, 0.15) is 53.4 Å². The molecule has 1 N–H and O–H groups in total. The Kier molecular flexibility index (Phi) is 6.78. The van der Waals surface area contributed by atoms with E-state index in [0.29, 0.717) is 11.3 Å². The predicted octanol–water partition coefficient (Wildman–Crippen LogP) is 3.23. The van der Waals surface area contributed by atoms with E-state index in [-0.39, 0.29) is 5.60 Å². The highest BCUT2D eigenvalue weighted by atomic mass is 16.5. The Hall–Kier alpha value is -0.120. The van der Waals surface area contributed by atoms with Gasteiger partial charge in [0.15, 0.2) is 0 Å². The fourth-order valence-corrected chi connectivity index (χ4v) is 2.63. The summed E-state index contributed by atoms with van der Waals surface area (Å²) in [5, 5.41) is 3.63. The van der Waals surface area contributed by atoms with Crippen LogP contribution < -0.4 is 5.32 Å². The molecule has 0 bridgehead atoms. The van der Waals surface area contributed by atoms with Gasteiger partial charge < -0.3 is 14.8 Å². The molecule has 0 spiro atoms. The van der Waals surface area contributed by atoms with Gasteiger partial charge in [0, 0.05) is 25.7 Å². The van der Waals surface area contributed by atoms with Gasteiger partial charge in [0.05, 0.1) is 12.2 Å². The minimum Gasteiger partial charge on any atom is -0.381 e. The monoisotopic (exact) mass is 271 g/mol. The molecule has 1 aliphatic heterocycles. The first-order valence-electron chi connectivity index (χ1n) is 7.73. The van der Waals surface area contributed by atoms with Crippen molar-refractivity contribution < 1.29 is 9.47 Å². The van der Waals surface area contributed by atoms with Gasteiger partial charge in [-0.05, 0) is 52.0 Å². The van der Waals surface area contributed by atoms with E-state index in [0.717, 1.165) is 32.7 Å². The summed E-state index contributed by atoms with van der Waals surface area (Å²) >= 11 is 0. The molecule has 1 heterocycles. The van der Waals surface area contributed by atoms with Crippen molar-refractivity contribution in [3.8, 4) is 0 Å². The lowest BCUT2D eigenvalue weighted by atomic mass is 9.76. The van der Waals surface area contributed by atoms with Gasteiger partial charge in [-0.3, -0.25) is 0 Å². The maximum absolute atomic E-state index is 5.76. The molecule has 1 saturated heterocycles. The molecule has 1 unspecified atom stereocenters. The summed E-state index contributed by atoms with van der Waals surface area (Å²) in [4.78, 5) is 0. The molecule has 0 aromatic heterocycles. The van der Waals surface area contributed by atoms with Crippen LogP contribution in [0.3, 0.4) is 0 Å². The van der Waals surface area contributed by atoms with Gasteiger partial charge in [-0.25, -0.2) is 0 Å². The second kappa shape index (κ2) is 7.61. The zero-order valence-electron chi connectivity index (χ0n) is 13.6. The molecule has 114 valence electrons. The zero-order chi connectivity index (χ0) is 14.4. The lowest BCUT2D eigenvalue weighted by Gasteiger charge is -2.39. The van der Waals surface area contributed by atoms with Crippen LogP contribution >= 0.6 is 0 Å². The van der Waals surface area contributed by atoms with E-state index >= 15 is 0 Å². The molecule has 3 heteroatoms. The van der Waals surface area contributed by atoms with Crippen molar-refractivity contribution in [2.75, 3.05) is 33.4 Å². The molecular formula is C16H33NO2. The van der Waals surface area contributed by atoms with E-state index < -0.39 is 0 Å². The van der Waals surface area contributed by atoms with Gasteiger partial charge >= 0.3 is 0 Å². The van der Waals surface area contributed by atoms with Crippen molar-refractivity contribution in [1.82, 2.24) is 5.32 Å². The van der Waals surface area contributed by atoms with Gasteiger partial charge in [-0.1, -0.05) is 13.8 Å². The average Bonchev–Trinajstić information content (AvgIpc) is 2.38. The first kappa shape index (κ1) is 16.9. The van der Waals surface area contributed by atoms with Crippen LogP contribution in [-0.2, 0) is 9.47 Å². The topological polar surface area (TPSA) is 30.5 Å². The fourth-order valence-electron chi connectivity index (χ4n) is 2.63. The van der Waals surface area contributed by atoms with Gasteiger partial charge in [0.1, 0.15) is 0 Å². The smallest absolute Gasteiger partial charge is 0.0623 e. The minimum atomic E-state index is -0.0253. The quantitative estimate of drug-likeness (QED) is 0.735. The maximum atomic E-state index is 5.76. The molecule has 1 atom stereocenters. The molecule has 0 aliphatic carbocycles. The number of ether oxygens (including phenoxy) is 2. The maximum Gasteiger partial charge on any atom is 0.0623 e. The van der Waals surface area contributed by atoms with Gasteiger partial charge in [0.2, 0.25) is 0 Å². The van der Waals surface area contributed by atoms with Crippen molar-refractivity contribution >= 4 is 0 Å². The second-order valence-corrected chi connectivity index (χ2v) is 7.14. The normalized spacial score (nSPS) is 24.9. The molecule has 0 aromatic rings. The molecule has 19 heavy (non-hydrogen) atoms. The van der Waals surface area contributed by atoms with Crippen LogP contribution in [0, 0.1) is 11.3 Å². The Morgan fingerprint density at radius 2 is 2.11 bits per heavy atom. The summed E-state index contributed by atoms with van der Waals surface area (Å²) in [6, 6.07) is 0. The van der Waals surface area contributed by atoms with Crippen LogP contribution in [0.5, 0.6) is 0 Å². The lowest BCUT2D eigenvalue weighted by molar-refractivity contribution is -0.0388. The molecular weight excluding hydrogens is 238 g/mol. The van der Waals surface area contributed by atoms with Crippen molar-refractivity contribution in [3.05, 3.63) is 0 Å². The Morgan fingerprint density at radius 1 is 1.37 bits per heavy atom. The molecule has 0 aromatic carbocycles. The Bertz CT molecular complexity index is 245. The van der Waals surface area contributed by atoms with Crippen LogP contribution in [-0.4, -0.2) is 39.0 Å². The van der Waals surface area contributed by atoms with Crippen molar-refractivity contribution in [1.29, 1.82) is 0 Å². The third-order valence-corrected chi connectivity index (χ3v) is 4.27. The van der Waals surface area contributed by atoms with Gasteiger partial charge in [0.25, 0.3) is 0 Å². The van der Waals surface area contributed by atoms with Crippen molar-refractivity contribution in [2.45, 2.75) is 59.0 Å². The van der Waals surface area contributed by atoms with E-state index in [9.17, 15) is 0 Å². The SMILES string of the molecule is COC(C)(C)CCC1(CNCC(C)C)CCCOC1. The standard InChI is InChI=1S/C16H33NO2/c1-14(2)11-17-12-16(7-6-10-19-13-16)9-8-15(3,4)18-5/h14,17H,6-13H2,1-5H3. The Balaban J connectivity index is 2.49. The highest BCUT2D eigenvalue weighted by Gasteiger charge is 2.34. The summed E-state index contributed by atoms with van der Waals surface area (Å²) in [5.74, 6) is 0.706. The summed E-state index contributed by atoms with van der Waals surface area (Å²) in [7, 11) is 1.81. The molecule has 3 nitrogen and oxygen atoms in total. The van der Waals surface area contributed by atoms with E-state index in [1.54, 1.807) is 7.11 Å². The van der Waals surface area contributed by atoms with E-state index in [4.69, 9.17) is 9.47 Å². The van der Waals surface area contributed by atoms with Crippen molar-refractivity contribution in [3.63, 3.8) is 0 Å². The highest BCUT2D eigenvalue weighted by Crippen LogP contribution is 2.35. The molecule has 0 radical (unpaired) electrons. The number of nitrogens with one attached hydrogen (secondary N) is 1. The first-order chi connectivity index (χ1) is 8.89. The molecule has 0 saturated carbocycles. The average molecular weight is 271 g/mol. The molecule has 1 fully saturated rings. The number of rotatable bonds is 8. The zero-order valence-corrected chi connectivity index (χ0v) is 13.6. The Morgan fingerprint density at radius 3 is 2.63 bits per heavy atom. The van der Waals surface area contributed by atoms with E-state index in [1.807, 2.05) is 0 Å². The van der Waals surface area contributed by atoms with Crippen LogP contribution in [0.4, 0.5) is 0 Å².